The van der Waals surface area contributed by atoms with E-state index in [0.717, 1.165) is 32.5 Å². The van der Waals surface area contributed by atoms with Crippen molar-refractivity contribution >= 4 is 34.9 Å². The molecular weight excluding hydrogens is 384 g/mol. The van der Waals surface area contributed by atoms with Crippen LogP contribution in [0.5, 0.6) is 5.75 Å². The van der Waals surface area contributed by atoms with Gasteiger partial charge in [-0.1, -0.05) is 53.4 Å². The van der Waals surface area contributed by atoms with Crippen molar-refractivity contribution in [3.8, 4) is 5.75 Å². The van der Waals surface area contributed by atoms with Gasteiger partial charge in [0.05, 0.1) is 7.11 Å². The van der Waals surface area contributed by atoms with E-state index in [1.807, 2.05) is 47.0 Å². The van der Waals surface area contributed by atoms with Crippen molar-refractivity contribution in [2.45, 2.75) is 40.2 Å². The molecule has 0 bridgehead atoms. The summed E-state index contributed by atoms with van der Waals surface area (Å²) in [6, 6.07) is 10.1. The number of thioether (sulfide) groups is 2. The zero-order valence-corrected chi connectivity index (χ0v) is 17.2. The van der Waals surface area contributed by atoms with Crippen molar-refractivity contribution in [3.05, 3.63) is 48.3 Å². The van der Waals surface area contributed by atoms with E-state index in [9.17, 15) is 0 Å². The summed E-state index contributed by atoms with van der Waals surface area (Å²) >= 11 is 5.23. The van der Waals surface area contributed by atoms with Crippen LogP contribution in [0.4, 0.5) is 0 Å². The first kappa shape index (κ1) is 19.3. The predicted octanol–water partition coefficient (Wildman–Crippen LogP) is 5.00. The van der Waals surface area contributed by atoms with E-state index >= 15 is 0 Å². The van der Waals surface area contributed by atoms with Crippen LogP contribution in [0.25, 0.3) is 0 Å². The summed E-state index contributed by atoms with van der Waals surface area (Å²) in [4.78, 5) is 0. The van der Waals surface area contributed by atoms with Crippen molar-refractivity contribution in [2.24, 2.45) is 0 Å². The molecule has 0 aliphatic heterocycles. The summed E-state index contributed by atoms with van der Waals surface area (Å²) in [6.07, 6.45) is 7.42. The first-order chi connectivity index (χ1) is 12.8. The Balaban J connectivity index is 1.31. The van der Waals surface area contributed by atoms with Crippen LogP contribution in [0.2, 0.25) is 0 Å². The van der Waals surface area contributed by atoms with E-state index in [-0.39, 0.29) is 0 Å². The topological polar surface area (TPSA) is 52.8 Å². The average molecular weight is 407 g/mol. The van der Waals surface area contributed by atoms with Gasteiger partial charge in [-0.2, -0.15) is 5.10 Å². The van der Waals surface area contributed by atoms with Crippen LogP contribution in [0, 0.1) is 0 Å². The summed E-state index contributed by atoms with van der Waals surface area (Å²) < 4.78 is 9.27. The summed E-state index contributed by atoms with van der Waals surface area (Å²) in [7, 11) is 1.68. The second-order valence-corrected chi connectivity index (χ2v) is 9.19. The number of benzene rings is 1. The largest absolute Gasteiger partial charge is 0.497 e. The Labute approximate surface area is 166 Å². The number of unbranched alkanes of at least 4 members (excludes halogenated alkanes) is 2. The van der Waals surface area contributed by atoms with Gasteiger partial charge in [0.25, 0.3) is 0 Å². The number of methoxy groups -OCH3 is 1. The van der Waals surface area contributed by atoms with Crippen molar-refractivity contribution < 1.29 is 4.74 Å². The molecule has 138 valence electrons. The lowest BCUT2D eigenvalue weighted by Gasteiger charge is -2.01. The fourth-order valence-electron chi connectivity index (χ4n) is 2.33. The van der Waals surface area contributed by atoms with Crippen LogP contribution in [0.15, 0.2) is 51.4 Å². The monoisotopic (exact) mass is 406 g/mol. The van der Waals surface area contributed by atoms with Crippen LogP contribution in [-0.2, 0) is 12.3 Å². The Hall–Kier alpha value is -1.51. The smallest absolute Gasteiger partial charge is 0.175 e. The Morgan fingerprint density at radius 3 is 2.58 bits per heavy atom. The number of hydrogen-bond acceptors (Lipinski definition) is 7. The highest BCUT2D eigenvalue weighted by molar-refractivity contribution is 8.02. The average Bonchev–Trinajstić information content (AvgIpc) is 3.35. The van der Waals surface area contributed by atoms with Gasteiger partial charge in [-0.3, -0.25) is 4.68 Å². The molecule has 0 amide bonds. The fraction of sp³-hybridized carbons (Fsp3) is 0.389. The first-order valence-electron chi connectivity index (χ1n) is 8.53. The Morgan fingerprint density at radius 2 is 1.85 bits per heavy atom. The molecule has 8 heteroatoms. The highest BCUT2D eigenvalue weighted by Gasteiger charge is 2.06. The van der Waals surface area contributed by atoms with Crippen LogP contribution in [0.3, 0.4) is 0 Å². The van der Waals surface area contributed by atoms with Gasteiger partial charge >= 0.3 is 0 Å². The fourth-order valence-corrected chi connectivity index (χ4v) is 5.37. The highest BCUT2D eigenvalue weighted by atomic mass is 32.2. The van der Waals surface area contributed by atoms with Gasteiger partial charge in [0.2, 0.25) is 0 Å². The van der Waals surface area contributed by atoms with Crippen LogP contribution in [-0.4, -0.2) is 32.8 Å². The Bertz CT molecular complexity index is 759. The van der Waals surface area contributed by atoms with Gasteiger partial charge in [-0.25, -0.2) is 0 Å². The normalized spacial score (nSPS) is 11.0. The van der Waals surface area contributed by atoms with Crippen molar-refractivity contribution in [2.75, 3.05) is 12.9 Å². The lowest BCUT2D eigenvalue weighted by atomic mass is 10.2. The predicted molar refractivity (Wildman–Crippen MR) is 109 cm³/mol. The second kappa shape index (κ2) is 10.6. The third kappa shape index (κ3) is 6.34. The molecule has 3 rings (SSSR count). The molecule has 1 aromatic carbocycles. The SMILES string of the molecule is COc1ccc(CSc2nnc(SCCCCCn3cccn3)s2)cc1. The molecule has 0 N–H and O–H groups in total. The van der Waals surface area contributed by atoms with Gasteiger partial charge in [-0.05, 0) is 36.6 Å². The molecule has 26 heavy (non-hydrogen) atoms. The number of aromatic nitrogens is 4. The van der Waals surface area contributed by atoms with Crippen molar-refractivity contribution in [3.63, 3.8) is 0 Å². The van der Waals surface area contributed by atoms with E-state index in [1.165, 1.54) is 24.8 Å². The van der Waals surface area contributed by atoms with Gasteiger partial charge in [0.15, 0.2) is 8.68 Å². The molecule has 2 heterocycles. The van der Waals surface area contributed by atoms with Gasteiger partial charge in [0.1, 0.15) is 5.75 Å². The molecule has 0 saturated carbocycles. The molecule has 0 saturated heterocycles. The standard InChI is InChI=1S/C18H22N4OS3/c1-23-16-8-6-15(7-9-16)14-25-18-21-20-17(26-18)24-13-4-2-3-11-22-12-5-10-19-22/h5-10,12H,2-4,11,13-14H2,1H3. The molecule has 0 atom stereocenters. The minimum Gasteiger partial charge on any atom is -0.497 e. The maximum Gasteiger partial charge on any atom is 0.175 e. The minimum absolute atomic E-state index is 0.887. The van der Waals surface area contributed by atoms with Gasteiger partial charge in [-0.15, -0.1) is 10.2 Å². The lowest BCUT2D eigenvalue weighted by Crippen LogP contribution is -1.97. The van der Waals surface area contributed by atoms with Crippen molar-refractivity contribution in [1.29, 1.82) is 0 Å². The molecule has 0 radical (unpaired) electrons. The first-order valence-corrected chi connectivity index (χ1v) is 11.3. The zero-order valence-electron chi connectivity index (χ0n) is 14.7. The maximum atomic E-state index is 5.18. The molecule has 5 nitrogen and oxygen atoms in total. The van der Waals surface area contributed by atoms with E-state index < -0.39 is 0 Å². The molecule has 0 aliphatic rings. The summed E-state index contributed by atoms with van der Waals surface area (Å²) in [5, 5.41) is 12.8. The van der Waals surface area contributed by atoms with Gasteiger partial charge in [0, 0.05) is 30.4 Å². The molecule has 2 aromatic heterocycles. The maximum absolute atomic E-state index is 5.18. The quantitative estimate of drug-likeness (QED) is 0.330. The summed E-state index contributed by atoms with van der Waals surface area (Å²) in [5.41, 5.74) is 1.26. The van der Waals surface area contributed by atoms with E-state index in [1.54, 1.807) is 30.2 Å². The molecule has 0 aliphatic carbocycles. The number of nitrogens with zero attached hydrogens (tertiary/aromatic N) is 4. The minimum atomic E-state index is 0.887. The van der Waals surface area contributed by atoms with Crippen LogP contribution >= 0.6 is 34.9 Å². The molecule has 3 aromatic rings. The molecule has 0 spiro atoms. The van der Waals surface area contributed by atoms with Crippen molar-refractivity contribution in [1.82, 2.24) is 20.0 Å². The van der Waals surface area contributed by atoms with Crippen LogP contribution < -0.4 is 4.74 Å². The number of aryl methyl sites for hydroxylation is 1. The summed E-state index contributed by atoms with van der Waals surface area (Å²) in [6.45, 7) is 1.00. The zero-order chi connectivity index (χ0) is 18.0. The van der Waals surface area contributed by atoms with E-state index in [4.69, 9.17) is 4.74 Å². The van der Waals surface area contributed by atoms with E-state index in [0.29, 0.717) is 0 Å². The second-order valence-electron chi connectivity index (χ2n) is 5.65. The van der Waals surface area contributed by atoms with E-state index in [2.05, 4.69) is 27.4 Å². The Kier molecular flexibility index (Phi) is 7.85. The third-order valence-corrected chi connectivity index (χ3v) is 7.07. The Morgan fingerprint density at radius 1 is 1.04 bits per heavy atom. The number of rotatable bonds is 11. The highest BCUT2D eigenvalue weighted by Crippen LogP contribution is 2.31. The molecule has 0 fully saturated rings. The summed E-state index contributed by atoms with van der Waals surface area (Å²) in [5.74, 6) is 2.88. The molecular formula is C18H22N4OS3. The number of hydrogen-bond donors (Lipinski definition) is 0. The van der Waals surface area contributed by atoms with Gasteiger partial charge < -0.3 is 4.74 Å². The number of ether oxygens (including phenoxy) is 1. The third-order valence-electron chi connectivity index (χ3n) is 3.73. The molecule has 0 unspecified atom stereocenters. The van der Waals surface area contributed by atoms with Crippen LogP contribution in [0.1, 0.15) is 24.8 Å². The lowest BCUT2D eigenvalue weighted by molar-refractivity contribution is 0.414.